The first-order valence-electron chi connectivity index (χ1n) is 8.75. The van der Waals surface area contributed by atoms with Gasteiger partial charge < -0.3 is 10.2 Å². The Balaban J connectivity index is 1.43. The van der Waals surface area contributed by atoms with Crippen molar-refractivity contribution in [1.29, 1.82) is 0 Å². The van der Waals surface area contributed by atoms with E-state index in [1.54, 1.807) is 0 Å². The van der Waals surface area contributed by atoms with E-state index in [0.717, 1.165) is 64.1 Å². The number of rotatable bonds is 1. The van der Waals surface area contributed by atoms with Crippen LogP contribution < -0.4 is 10.2 Å². The van der Waals surface area contributed by atoms with E-state index in [-0.39, 0.29) is 6.03 Å². The molecule has 0 radical (unpaired) electrons. The molecule has 0 aliphatic carbocycles. The number of aliphatic imine (C=N–C) groups is 1. The van der Waals surface area contributed by atoms with Crippen molar-refractivity contribution in [3.63, 3.8) is 0 Å². The van der Waals surface area contributed by atoms with Crippen LogP contribution in [0.1, 0.15) is 24.8 Å². The van der Waals surface area contributed by atoms with E-state index >= 15 is 0 Å². The van der Waals surface area contributed by atoms with Gasteiger partial charge in [0, 0.05) is 37.8 Å². The first-order valence-corrected chi connectivity index (χ1v) is 8.75. The highest BCUT2D eigenvalue weighted by atomic mass is 16.2. The summed E-state index contributed by atoms with van der Waals surface area (Å²) < 4.78 is 0. The number of aryl methyl sites for hydroxylation is 1. The molecule has 122 valence electrons. The molecule has 0 bridgehead atoms. The second-order valence-electron chi connectivity index (χ2n) is 6.62. The number of para-hydroxylation sites is 1. The predicted molar refractivity (Wildman–Crippen MR) is 92.1 cm³/mol. The van der Waals surface area contributed by atoms with E-state index < -0.39 is 0 Å². The van der Waals surface area contributed by atoms with Gasteiger partial charge in [0.2, 0.25) is 0 Å². The van der Waals surface area contributed by atoms with Gasteiger partial charge in [-0.2, -0.15) is 0 Å². The van der Waals surface area contributed by atoms with E-state index in [4.69, 9.17) is 0 Å². The smallest absolute Gasteiger partial charge is 0.324 e. The molecule has 0 aromatic heterocycles. The van der Waals surface area contributed by atoms with Gasteiger partial charge in [-0.25, -0.2) is 4.79 Å². The minimum absolute atomic E-state index is 0.178. The maximum absolute atomic E-state index is 12.9. The molecular weight excluding hydrogens is 288 g/mol. The molecule has 0 saturated carbocycles. The number of nitrogens with one attached hydrogen (secondary N) is 1. The maximum Gasteiger partial charge on any atom is 0.324 e. The van der Waals surface area contributed by atoms with Crippen molar-refractivity contribution in [1.82, 2.24) is 10.2 Å². The molecule has 1 saturated heterocycles. The van der Waals surface area contributed by atoms with E-state index in [1.807, 2.05) is 15.9 Å². The van der Waals surface area contributed by atoms with Gasteiger partial charge in [0.05, 0.1) is 12.4 Å². The molecule has 5 heteroatoms. The summed E-state index contributed by atoms with van der Waals surface area (Å²) in [5.74, 6) is 1.68. The monoisotopic (exact) mass is 312 g/mol. The van der Waals surface area contributed by atoms with Crippen molar-refractivity contribution in [2.24, 2.45) is 10.9 Å². The fourth-order valence-corrected chi connectivity index (χ4v) is 3.94. The summed E-state index contributed by atoms with van der Waals surface area (Å²) in [5.41, 5.74) is 2.40. The molecule has 5 nitrogen and oxygen atoms in total. The van der Waals surface area contributed by atoms with Gasteiger partial charge >= 0.3 is 6.03 Å². The van der Waals surface area contributed by atoms with Crippen molar-refractivity contribution >= 4 is 17.6 Å². The lowest BCUT2D eigenvalue weighted by Gasteiger charge is -2.37. The van der Waals surface area contributed by atoms with E-state index in [0.29, 0.717) is 5.92 Å². The number of carbonyl (C=O) groups excluding carboxylic acids is 1. The molecule has 1 fully saturated rings. The van der Waals surface area contributed by atoms with E-state index in [2.05, 4.69) is 28.5 Å². The van der Waals surface area contributed by atoms with Crippen molar-refractivity contribution in [3.05, 3.63) is 29.8 Å². The van der Waals surface area contributed by atoms with Crippen LogP contribution in [0.5, 0.6) is 0 Å². The van der Waals surface area contributed by atoms with Gasteiger partial charge in [-0.05, 0) is 37.3 Å². The molecule has 1 N–H and O–H groups in total. The number of anilines is 1. The lowest BCUT2D eigenvalue weighted by atomic mass is 9.95. The van der Waals surface area contributed by atoms with Crippen LogP contribution in [0, 0.1) is 5.92 Å². The molecule has 0 unspecified atom stereocenters. The summed E-state index contributed by atoms with van der Waals surface area (Å²) in [5, 5.41) is 3.38. The molecule has 3 aliphatic heterocycles. The summed E-state index contributed by atoms with van der Waals surface area (Å²) in [4.78, 5) is 21.5. The first kappa shape index (κ1) is 14.5. The van der Waals surface area contributed by atoms with Crippen LogP contribution in [0.3, 0.4) is 0 Å². The fraction of sp³-hybridized carbons (Fsp3) is 0.556. The number of hydrogen-bond acceptors (Lipinski definition) is 3. The lowest BCUT2D eigenvalue weighted by molar-refractivity contribution is 0.186. The topological polar surface area (TPSA) is 47.9 Å². The van der Waals surface area contributed by atoms with Crippen LogP contribution in [-0.4, -0.2) is 49.5 Å². The van der Waals surface area contributed by atoms with Gasteiger partial charge in [0.15, 0.2) is 0 Å². The Morgan fingerprint density at radius 3 is 2.78 bits per heavy atom. The highest BCUT2D eigenvalue weighted by Crippen LogP contribution is 2.29. The third-order valence-electron chi connectivity index (χ3n) is 5.19. The Labute approximate surface area is 137 Å². The van der Waals surface area contributed by atoms with Gasteiger partial charge in [-0.1, -0.05) is 18.2 Å². The Kier molecular flexibility index (Phi) is 3.93. The zero-order valence-corrected chi connectivity index (χ0v) is 13.5. The highest BCUT2D eigenvalue weighted by Gasteiger charge is 2.31. The van der Waals surface area contributed by atoms with Crippen LogP contribution >= 0.6 is 0 Å². The van der Waals surface area contributed by atoms with Gasteiger partial charge in [0.25, 0.3) is 0 Å². The normalized spacial score (nSPS) is 21.7. The van der Waals surface area contributed by atoms with E-state index in [9.17, 15) is 4.79 Å². The maximum atomic E-state index is 12.9. The molecule has 3 aliphatic rings. The average Bonchev–Trinajstić information content (AvgIpc) is 3.15. The Morgan fingerprint density at radius 2 is 2.00 bits per heavy atom. The lowest BCUT2D eigenvalue weighted by Crippen LogP contribution is -2.49. The van der Waals surface area contributed by atoms with Crippen molar-refractivity contribution in [2.45, 2.75) is 25.7 Å². The van der Waals surface area contributed by atoms with Crippen LogP contribution in [0.4, 0.5) is 10.5 Å². The standard InChI is InChI=1S/C18H24N4O/c23-18(22-11-3-5-14-4-1-2-6-16(14)22)21-12-7-15(8-13-21)17-19-9-10-20-17/h1-2,4,6,15H,3,5,7-13H2,(H,19,20). The average molecular weight is 312 g/mol. The summed E-state index contributed by atoms with van der Waals surface area (Å²) in [7, 11) is 0. The zero-order chi connectivity index (χ0) is 15.6. The molecule has 4 rings (SSSR count). The fourth-order valence-electron chi connectivity index (χ4n) is 3.94. The minimum atomic E-state index is 0.178. The molecule has 23 heavy (non-hydrogen) atoms. The molecular formula is C18H24N4O. The number of hydrogen-bond donors (Lipinski definition) is 1. The second kappa shape index (κ2) is 6.22. The van der Waals surface area contributed by atoms with Gasteiger partial charge in [0.1, 0.15) is 0 Å². The van der Waals surface area contributed by atoms with Crippen LogP contribution in [0.15, 0.2) is 29.3 Å². The number of amides is 2. The molecule has 2 amide bonds. The number of benzene rings is 1. The summed E-state index contributed by atoms with van der Waals surface area (Å²) in [6, 6.07) is 8.49. The van der Waals surface area contributed by atoms with Crippen LogP contribution in [0.25, 0.3) is 0 Å². The number of likely N-dealkylation sites (tertiary alicyclic amines) is 1. The number of amidine groups is 1. The second-order valence-corrected chi connectivity index (χ2v) is 6.62. The number of urea groups is 1. The molecule has 1 aromatic rings. The molecule has 3 heterocycles. The molecule has 1 aromatic carbocycles. The Morgan fingerprint density at radius 1 is 1.17 bits per heavy atom. The van der Waals surface area contributed by atoms with Gasteiger partial charge in [-0.15, -0.1) is 0 Å². The SMILES string of the molecule is O=C(N1CCC(C2=NCCN2)CC1)N1CCCc2ccccc21. The first-order chi connectivity index (χ1) is 11.3. The minimum Gasteiger partial charge on any atom is -0.372 e. The van der Waals surface area contributed by atoms with Crippen molar-refractivity contribution in [3.8, 4) is 0 Å². The van der Waals surface area contributed by atoms with Gasteiger partial charge in [-0.3, -0.25) is 9.89 Å². The quantitative estimate of drug-likeness (QED) is 0.865. The highest BCUT2D eigenvalue weighted by molar-refractivity contribution is 5.93. The third kappa shape index (κ3) is 2.80. The number of fused-ring (bicyclic) bond motifs is 1. The third-order valence-corrected chi connectivity index (χ3v) is 5.19. The Bertz CT molecular complexity index is 619. The van der Waals surface area contributed by atoms with Crippen molar-refractivity contribution in [2.75, 3.05) is 37.6 Å². The van der Waals surface area contributed by atoms with Crippen LogP contribution in [0.2, 0.25) is 0 Å². The Hall–Kier alpha value is -2.04. The van der Waals surface area contributed by atoms with Crippen molar-refractivity contribution < 1.29 is 4.79 Å². The zero-order valence-electron chi connectivity index (χ0n) is 13.5. The summed E-state index contributed by atoms with van der Waals surface area (Å²) in [6.45, 7) is 4.38. The summed E-state index contributed by atoms with van der Waals surface area (Å²) in [6.07, 6.45) is 4.17. The number of piperidine rings is 1. The summed E-state index contributed by atoms with van der Waals surface area (Å²) >= 11 is 0. The molecule has 0 atom stereocenters. The number of carbonyl (C=O) groups is 1. The van der Waals surface area contributed by atoms with E-state index in [1.165, 1.54) is 11.4 Å². The number of nitrogens with zero attached hydrogens (tertiary/aromatic N) is 3. The molecule has 0 spiro atoms. The van der Waals surface area contributed by atoms with Crippen LogP contribution in [-0.2, 0) is 6.42 Å². The largest absolute Gasteiger partial charge is 0.372 e. The predicted octanol–water partition coefficient (Wildman–Crippen LogP) is 2.27.